The van der Waals surface area contributed by atoms with Gasteiger partial charge >= 0.3 is 11.9 Å². The van der Waals surface area contributed by atoms with Gasteiger partial charge in [0.2, 0.25) is 0 Å². The van der Waals surface area contributed by atoms with Crippen LogP contribution in [0, 0.1) is 6.92 Å². The number of benzene rings is 1. The second-order valence-electron chi connectivity index (χ2n) is 8.38. The van der Waals surface area contributed by atoms with Gasteiger partial charge in [-0.25, -0.2) is 4.79 Å². The lowest BCUT2D eigenvalue weighted by Crippen LogP contribution is -2.55. The highest BCUT2D eigenvalue weighted by Gasteiger charge is 2.47. The van der Waals surface area contributed by atoms with Gasteiger partial charge in [0, 0.05) is 23.1 Å². The number of methoxy groups -OCH3 is 1. The van der Waals surface area contributed by atoms with Crippen LogP contribution in [0.4, 0.5) is 0 Å². The maximum atomic E-state index is 12.7. The number of cyclic esters (lactones) is 1. The summed E-state index contributed by atoms with van der Waals surface area (Å²) in [6.45, 7) is 2.97. The molecule has 2 aliphatic rings. The summed E-state index contributed by atoms with van der Waals surface area (Å²) in [6, 6.07) is 0. The number of ether oxygens (including phenoxy) is 3. The van der Waals surface area contributed by atoms with E-state index in [0.717, 1.165) is 5.57 Å². The summed E-state index contributed by atoms with van der Waals surface area (Å²) >= 11 is 0. The fourth-order valence-electron chi connectivity index (χ4n) is 4.43. The van der Waals surface area contributed by atoms with Gasteiger partial charge in [-0.2, -0.15) is 0 Å². The van der Waals surface area contributed by atoms with Crippen molar-refractivity contribution in [3.05, 3.63) is 39.5 Å². The zero-order chi connectivity index (χ0) is 24.4. The molecule has 5 atom stereocenters. The normalized spacial score (nSPS) is 27.3. The molecule has 0 amide bonds. The maximum Gasteiger partial charge on any atom is 0.339 e. The van der Waals surface area contributed by atoms with Gasteiger partial charge in [0.15, 0.2) is 0 Å². The Morgan fingerprint density at radius 3 is 2.48 bits per heavy atom. The van der Waals surface area contributed by atoms with Crippen LogP contribution in [0.5, 0.6) is 5.75 Å². The summed E-state index contributed by atoms with van der Waals surface area (Å²) in [4.78, 5) is 23.6. The van der Waals surface area contributed by atoms with Crippen LogP contribution in [0.3, 0.4) is 0 Å². The number of carbonyl (C=O) groups excluding carboxylic acids is 1. The zero-order valence-corrected chi connectivity index (χ0v) is 18.8. The minimum Gasteiger partial charge on any atom is -0.496 e. The number of esters is 1. The van der Waals surface area contributed by atoms with Crippen molar-refractivity contribution in [1.82, 2.24) is 0 Å². The largest absolute Gasteiger partial charge is 0.496 e. The molecule has 1 fully saturated rings. The van der Waals surface area contributed by atoms with Gasteiger partial charge in [0.25, 0.3) is 0 Å². The van der Waals surface area contributed by atoms with E-state index in [-0.39, 0.29) is 30.6 Å². The van der Waals surface area contributed by atoms with E-state index >= 15 is 0 Å². The molecule has 0 aliphatic carbocycles. The van der Waals surface area contributed by atoms with Crippen LogP contribution >= 0.6 is 0 Å². The summed E-state index contributed by atoms with van der Waals surface area (Å²) in [5.41, 5.74) is 3.02. The average Bonchev–Trinajstić information content (AvgIpc) is 3.17. The van der Waals surface area contributed by atoms with Crippen molar-refractivity contribution in [2.24, 2.45) is 0 Å². The predicted octanol–water partition coefficient (Wildman–Crippen LogP) is 0.543. The molecule has 5 N–H and O–H groups in total. The third kappa shape index (κ3) is 4.75. The molecule has 10 heteroatoms. The lowest BCUT2D eigenvalue weighted by Gasteiger charge is -2.41. The van der Waals surface area contributed by atoms with Gasteiger partial charge in [0.05, 0.1) is 19.3 Å². The van der Waals surface area contributed by atoms with E-state index in [0.29, 0.717) is 28.9 Å². The van der Waals surface area contributed by atoms with Crippen molar-refractivity contribution in [2.75, 3.05) is 13.7 Å². The Labute approximate surface area is 191 Å². The van der Waals surface area contributed by atoms with Gasteiger partial charge < -0.3 is 39.7 Å². The molecule has 1 aromatic rings. The number of allylic oxidation sites excluding steroid dienone is 2. The lowest BCUT2D eigenvalue weighted by atomic mass is 9.82. The Hall–Kier alpha value is -2.50. The van der Waals surface area contributed by atoms with Crippen molar-refractivity contribution >= 4 is 11.9 Å². The van der Waals surface area contributed by atoms with Crippen molar-refractivity contribution < 1.29 is 49.3 Å². The van der Waals surface area contributed by atoms with Crippen LogP contribution in [0.2, 0.25) is 0 Å². The molecule has 33 heavy (non-hydrogen) atoms. The Morgan fingerprint density at radius 2 is 1.88 bits per heavy atom. The van der Waals surface area contributed by atoms with Gasteiger partial charge in [0.1, 0.15) is 42.9 Å². The number of hydrogen-bond donors (Lipinski definition) is 5. The molecule has 182 valence electrons. The minimum absolute atomic E-state index is 0.00847. The number of carboxylic acid groups (broad SMARTS) is 1. The molecule has 10 nitrogen and oxygen atoms in total. The highest BCUT2D eigenvalue weighted by Crippen LogP contribution is 2.45. The van der Waals surface area contributed by atoms with E-state index in [9.17, 15) is 30.0 Å². The summed E-state index contributed by atoms with van der Waals surface area (Å²) in [6.07, 6.45) is -4.85. The Kier molecular flexibility index (Phi) is 7.76. The first-order valence-corrected chi connectivity index (χ1v) is 10.7. The van der Waals surface area contributed by atoms with Crippen molar-refractivity contribution in [3.8, 4) is 5.75 Å². The number of fused-ring (bicyclic) bond motifs is 1. The monoisotopic (exact) mass is 466 g/mol. The minimum atomic E-state index is -1.62. The van der Waals surface area contributed by atoms with Gasteiger partial charge in [-0.15, -0.1) is 0 Å². The van der Waals surface area contributed by atoms with Gasteiger partial charge in [-0.1, -0.05) is 11.6 Å². The van der Waals surface area contributed by atoms with Gasteiger partial charge in [-0.3, -0.25) is 4.79 Å². The average molecular weight is 466 g/mol. The van der Waals surface area contributed by atoms with E-state index in [1.807, 2.05) is 0 Å². The second-order valence-corrected chi connectivity index (χ2v) is 8.38. The molecule has 0 bridgehead atoms. The molecule has 0 spiro atoms. The van der Waals surface area contributed by atoms with E-state index < -0.39 is 49.1 Å². The number of carbonyl (C=O) groups is 2. The molecule has 2 heterocycles. The smallest absolute Gasteiger partial charge is 0.339 e. The molecule has 0 saturated carbocycles. The summed E-state index contributed by atoms with van der Waals surface area (Å²) in [5.74, 6) is -1.09. The quantitative estimate of drug-likeness (QED) is 0.270. The standard InChI is InChI=1S/C23H30O10/c1-10(5-7-15(25)26)4-6-12-16(22-20(29)19(28)18(27)14(8-24)33-22)17-13(9-32-23(17)30)11(2)21(12)31-3/h4,14,18-20,22,24,27-29H,5-9H2,1-3H3,(H,25,26)/t14-,18-,19+,20-,22-/m1/s1. The van der Waals surface area contributed by atoms with Crippen molar-refractivity contribution in [3.63, 3.8) is 0 Å². The first-order chi connectivity index (χ1) is 15.6. The highest BCUT2D eigenvalue weighted by atomic mass is 16.5. The topological polar surface area (TPSA) is 163 Å². The molecule has 1 aromatic carbocycles. The highest BCUT2D eigenvalue weighted by molar-refractivity contribution is 5.97. The van der Waals surface area contributed by atoms with Crippen LogP contribution in [-0.4, -0.2) is 75.6 Å². The molecular formula is C23H30O10. The fraction of sp³-hybridized carbons (Fsp3) is 0.565. The Bertz CT molecular complexity index is 951. The summed E-state index contributed by atoms with van der Waals surface area (Å²) in [5, 5.41) is 49.9. The van der Waals surface area contributed by atoms with Crippen LogP contribution in [0.15, 0.2) is 11.6 Å². The van der Waals surface area contributed by atoms with Crippen molar-refractivity contribution in [1.29, 1.82) is 0 Å². The van der Waals surface area contributed by atoms with E-state index in [4.69, 9.17) is 19.3 Å². The number of aliphatic carboxylic acids is 1. The number of rotatable bonds is 8. The zero-order valence-electron chi connectivity index (χ0n) is 18.8. The Balaban J connectivity index is 2.17. The predicted molar refractivity (Wildman–Crippen MR) is 114 cm³/mol. The third-order valence-electron chi connectivity index (χ3n) is 6.28. The van der Waals surface area contributed by atoms with Gasteiger partial charge in [-0.05, 0) is 32.3 Å². The first-order valence-electron chi connectivity index (χ1n) is 10.7. The van der Waals surface area contributed by atoms with Crippen LogP contribution in [-0.2, 0) is 27.3 Å². The van der Waals surface area contributed by atoms with Crippen LogP contribution < -0.4 is 4.74 Å². The SMILES string of the molecule is COc1c(C)c2c(c([C@H]3O[C@H](CO)[C@@H](O)[C@H](O)[C@H]3O)c1CC=C(C)CCC(=O)O)C(=O)OC2. The molecule has 1 saturated heterocycles. The fourth-order valence-corrected chi connectivity index (χ4v) is 4.43. The van der Waals surface area contributed by atoms with Crippen LogP contribution in [0.25, 0.3) is 0 Å². The number of carboxylic acids is 1. The summed E-state index contributed by atoms with van der Waals surface area (Å²) in [7, 11) is 1.47. The van der Waals surface area contributed by atoms with E-state index in [2.05, 4.69) is 0 Å². The molecule has 0 unspecified atom stereocenters. The Morgan fingerprint density at radius 1 is 1.18 bits per heavy atom. The molecule has 3 rings (SSSR count). The van der Waals surface area contributed by atoms with E-state index in [1.54, 1.807) is 19.9 Å². The lowest BCUT2D eigenvalue weighted by molar-refractivity contribution is -0.232. The van der Waals surface area contributed by atoms with Crippen molar-refractivity contribution in [2.45, 2.75) is 70.2 Å². The number of aliphatic hydroxyl groups excluding tert-OH is 4. The first kappa shape index (κ1) is 25.1. The number of aliphatic hydroxyl groups is 4. The molecule has 2 aliphatic heterocycles. The molecule has 0 aromatic heterocycles. The van der Waals surface area contributed by atoms with E-state index in [1.165, 1.54) is 7.11 Å². The number of hydrogen-bond acceptors (Lipinski definition) is 9. The second kappa shape index (κ2) is 10.2. The maximum absolute atomic E-state index is 12.7. The third-order valence-corrected chi connectivity index (χ3v) is 6.28. The van der Waals surface area contributed by atoms with Crippen LogP contribution in [0.1, 0.15) is 58.5 Å². The summed E-state index contributed by atoms with van der Waals surface area (Å²) < 4.78 is 16.7. The molecule has 0 radical (unpaired) electrons. The molecular weight excluding hydrogens is 436 g/mol.